The van der Waals surface area contributed by atoms with Crippen LogP contribution in [0.1, 0.15) is 0 Å². The number of nitrogens with zero attached hydrogens (tertiary/aromatic N) is 1. The first-order chi connectivity index (χ1) is 13.6. The molecule has 0 amide bonds. The first-order valence-corrected chi connectivity index (χ1v) is 8.42. The third-order valence-corrected chi connectivity index (χ3v) is 4.27. The number of aromatic nitrogens is 1. The van der Waals surface area contributed by atoms with E-state index in [2.05, 4.69) is 0 Å². The van der Waals surface area contributed by atoms with Crippen molar-refractivity contribution in [2.75, 3.05) is 28.4 Å². The van der Waals surface area contributed by atoms with Crippen LogP contribution in [0.3, 0.4) is 0 Å². The van der Waals surface area contributed by atoms with Crippen molar-refractivity contribution in [2.45, 2.75) is 0 Å². The van der Waals surface area contributed by atoms with Gasteiger partial charge in [0.2, 0.25) is 0 Å². The fraction of sp³-hybridized carbons (Fsp3) is 0.190. The van der Waals surface area contributed by atoms with Gasteiger partial charge < -0.3 is 23.8 Å². The zero-order chi connectivity index (χ0) is 20.1. The smallest absolute Gasteiger partial charge is 0.321 e. The molecule has 3 rings (SSSR count). The fourth-order valence-electron chi connectivity index (χ4n) is 2.88. The van der Waals surface area contributed by atoms with Crippen LogP contribution in [0.2, 0.25) is 0 Å². The van der Waals surface area contributed by atoms with Crippen molar-refractivity contribution in [3.63, 3.8) is 0 Å². The van der Waals surface area contributed by atoms with E-state index in [1.807, 2.05) is 30.3 Å². The molecule has 0 atom stereocenters. The predicted molar refractivity (Wildman–Crippen MR) is 104 cm³/mol. The summed E-state index contributed by atoms with van der Waals surface area (Å²) in [5.41, 5.74) is 3.08. The summed E-state index contributed by atoms with van der Waals surface area (Å²) in [5, 5.41) is 0. The lowest BCUT2D eigenvalue weighted by Gasteiger charge is -2.09. The summed E-state index contributed by atoms with van der Waals surface area (Å²) >= 11 is 0. The molecule has 7 heteroatoms. The Morgan fingerprint density at radius 1 is 0.643 bits per heavy atom. The van der Waals surface area contributed by atoms with E-state index in [4.69, 9.17) is 23.8 Å². The summed E-state index contributed by atoms with van der Waals surface area (Å²) in [7, 11) is 6.33. The lowest BCUT2D eigenvalue weighted by molar-refractivity contribution is -0.129. The largest absolute Gasteiger partial charge is 0.497 e. The second-order valence-electron chi connectivity index (χ2n) is 5.84. The Morgan fingerprint density at radius 2 is 1.11 bits per heavy atom. The summed E-state index contributed by atoms with van der Waals surface area (Å²) in [4.78, 5) is 16.2. The standard InChI is InChI=1S/C21H21NO6/c1-24-17-5-14(6-18(10-17)25-2)16-9-21(22(12-16)28-13-23)15-7-19(26-3)11-20(8-15)27-4/h5-13H,1-4H3. The van der Waals surface area contributed by atoms with E-state index in [0.717, 1.165) is 16.7 Å². The summed E-state index contributed by atoms with van der Waals surface area (Å²) in [5.74, 6) is 2.56. The van der Waals surface area contributed by atoms with E-state index in [9.17, 15) is 4.79 Å². The molecule has 0 bridgehead atoms. The third kappa shape index (κ3) is 3.88. The predicted octanol–water partition coefficient (Wildman–Crippen LogP) is 3.44. The number of hydrogen-bond donors (Lipinski definition) is 0. The molecule has 1 aromatic heterocycles. The molecule has 0 saturated carbocycles. The van der Waals surface area contributed by atoms with Gasteiger partial charge in [-0.25, -0.2) is 0 Å². The molecular weight excluding hydrogens is 362 g/mol. The SMILES string of the molecule is COc1cc(OC)cc(-c2cc(-c3cc(OC)cc(OC)c3)n(OC=O)c2)c1. The molecule has 0 radical (unpaired) electrons. The Labute approximate surface area is 162 Å². The summed E-state index contributed by atoms with van der Waals surface area (Å²) in [6.45, 7) is 0.372. The van der Waals surface area contributed by atoms with Crippen LogP contribution < -0.4 is 23.8 Å². The van der Waals surface area contributed by atoms with Crippen molar-refractivity contribution in [1.29, 1.82) is 0 Å². The van der Waals surface area contributed by atoms with Crippen molar-refractivity contribution in [3.05, 3.63) is 48.7 Å². The van der Waals surface area contributed by atoms with Crippen LogP contribution in [-0.2, 0) is 4.79 Å². The molecule has 0 aliphatic heterocycles. The van der Waals surface area contributed by atoms with Gasteiger partial charge in [-0.05, 0) is 35.9 Å². The zero-order valence-corrected chi connectivity index (χ0v) is 16.1. The Bertz CT molecular complexity index is 935. The van der Waals surface area contributed by atoms with Crippen molar-refractivity contribution >= 4 is 6.47 Å². The highest BCUT2D eigenvalue weighted by Crippen LogP contribution is 2.35. The van der Waals surface area contributed by atoms with Crippen LogP contribution in [0, 0.1) is 0 Å². The number of rotatable bonds is 8. The quantitative estimate of drug-likeness (QED) is 0.555. The van der Waals surface area contributed by atoms with Gasteiger partial charge in [0, 0.05) is 23.3 Å². The first kappa shape index (κ1) is 19.2. The fourth-order valence-corrected chi connectivity index (χ4v) is 2.88. The molecule has 3 aromatic rings. The molecule has 0 aliphatic carbocycles. The van der Waals surface area contributed by atoms with Crippen LogP contribution in [-0.4, -0.2) is 39.6 Å². The average molecular weight is 383 g/mol. The highest BCUT2D eigenvalue weighted by atomic mass is 16.7. The van der Waals surface area contributed by atoms with Crippen LogP contribution in [0.25, 0.3) is 22.4 Å². The number of hydrogen-bond acceptors (Lipinski definition) is 6. The van der Waals surface area contributed by atoms with E-state index < -0.39 is 0 Å². The minimum absolute atomic E-state index is 0.372. The maximum Gasteiger partial charge on any atom is 0.321 e. The summed E-state index contributed by atoms with van der Waals surface area (Å²) in [6, 6.07) is 12.9. The maximum absolute atomic E-state index is 11.0. The van der Waals surface area contributed by atoms with Crippen molar-refractivity contribution in [2.24, 2.45) is 0 Å². The molecule has 146 valence electrons. The molecule has 0 fully saturated rings. The number of methoxy groups -OCH3 is 4. The molecular formula is C21H21NO6. The van der Waals surface area contributed by atoms with E-state index in [0.29, 0.717) is 35.2 Å². The monoisotopic (exact) mass is 383 g/mol. The zero-order valence-electron chi connectivity index (χ0n) is 16.1. The van der Waals surface area contributed by atoms with E-state index in [1.54, 1.807) is 46.8 Å². The van der Waals surface area contributed by atoms with Gasteiger partial charge in [-0.3, -0.25) is 4.79 Å². The lowest BCUT2D eigenvalue weighted by atomic mass is 10.1. The Hall–Kier alpha value is -3.61. The minimum atomic E-state index is 0.372. The lowest BCUT2D eigenvalue weighted by Crippen LogP contribution is -2.08. The van der Waals surface area contributed by atoms with Gasteiger partial charge >= 0.3 is 6.47 Å². The Kier molecular flexibility index (Phi) is 5.74. The Morgan fingerprint density at radius 3 is 1.54 bits per heavy atom. The van der Waals surface area contributed by atoms with Crippen molar-refractivity contribution in [3.8, 4) is 45.4 Å². The summed E-state index contributed by atoms with van der Waals surface area (Å²) in [6.07, 6.45) is 1.71. The second kappa shape index (κ2) is 8.39. The van der Waals surface area contributed by atoms with Crippen molar-refractivity contribution in [1.82, 2.24) is 4.73 Å². The van der Waals surface area contributed by atoms with Crippen LogP contribution >= 0.6 is 0 Å². The number of carbonyl (C=O) groups is 1. The van der Waals surface area contributed by atoms with E-state index in [-0.39, 0.29) is 0 Å². The molecule has 1 heterocycles. The van der Waals surface area contributed by atoms with E-state index >= 15 is 0 Å². The number of carbonyl (C=O) groups excluding carboxylic acids is 1. The molecule has 2 aromatic carbocycles. The van der Waals surface area contributed by atoms with Gasteiger partial charge in [0.1, 0.15) is 23.0 Å². The van der Waals surface area contributed by atoms with Crippen LogP contribution in [0.4, 0.5) is 0 Å². The topological polar surface area (TPSA) is 68.2 Å². The summed E-state index contributed by atoms with van der Waals surface area (Å²) < 4.78 is 22.7. The second-order valence-corrected chi connectivity index (χ2v) is 5.84. The van der Waals surface area contributed by atoms with Gasteiger partial charge in [0.25, 0.3) is 0 Å². The van der Waals surface area contributed by atoms with Crippen LogP contribution in [0.15, 0.2) is 48.7 Å². The highest BCUT2D eigenvalue weighted by Gasteiger charge is 2.15. The van der Waals surface area contributed by atoms with Crippen LogP contribution in [0.5, 0.6) is 23.0 Å². The minimum Gasteiger partial charge on any atom is -0.497 e. The average Bonchev–Trinajstić information content (AvgIpc) is 3.17. The molecule has 0 N–H and O–H groups in total. The molecule has 0 aliphatic rings. The molecule has 0 spiro atoms. The van der Waals surface area contributed by atoms with Gasteiger partial charge in [-0.2, -0.15) is 4.73 Å². The van der Waals surface area contributed by atoms with E-state index in [1.165, 1.54) is 4.73 Å². The van der Waals surface area contributed by atoms with Crippen molar-refractivity contribution < 1.29 is 28.6 Å². The number of benzene rings is 2. The van der Waals surface area contributed by atoms with Gasteiger partial charge in [0.15, 0.2) is 0 Å². The third-order valence-electron chi connectivity index (χ3n) is 4.27. The normalized spacial score (nSPS) is 10.3. The van der Waals surface area contributed by atoms with Gasteiger partial charge in [0.05, 0.1) is 40.3 Å². The maximum atomic E-state index is 11.0. The number of ether oxygens (including phenoxy) is 4. The molecule has 28 heavy (non-hydrogen) atoms. The van der Waals surface area contributed by atoms with Gasteiger partial charge in [-0.1, -0.05) is 0 Å². The molecule has 0 unspecified atom stereocenters. The Balaban J connectivity index is 2.15. The highest BCUT2D eigenvalue weighted by molar-refractivity contribution is 5.75. The molecule has 0 saturated heterocycles. The van der Waals surface area contributed by atoms with Gasteiger partial charge in [-0.15, -0.1) is 0 Å². The first-order valence-electron chi connectivity index (χ1n) is 8.42. The molecule has 7 nitrogen and oxygen atoms in total.